The molecule has 2 aromatic rings. The largest absolute Gasteiger partial charge is 0.339 e. The van der Waals surface area contributed by atoms with Gasteiger partial charge in [0.15, 0.2) is 11.6 Å². The van der Waals surface area contributed by atoms with E-state index >= 15 is 0 Å². The molecule has 0 atom stereocenters. The first-order valence-corrected chi connectivity index (χ1v) is 9.39. The van der Waals surface area contributed by atoms with Crippen LogP contribution in [0.25, 0.3) is 0 Å². The molecule has 9 nitrogen and oxygen atoms in total. The van der Waals surface area contributed by atoms with Crippen molar-refractivity contribution in [3.8, 4) is 0 Å². The molecule has 1 aliphatic heterocycles. The highest BCUT2D eigenvalue weighted by atomic mass is 16.5. The molecule has 2 aromatic heterocycles. The Bertz CT molecular complexity index is 719. The first-order valence-electron chi connectivity index (χ1n) is 9.39. The quantitative estimate of drug-likeness (QED) is 0.766. The summed E-state index contributed by atoms with van der Waals surface area (Å²) in [6.45, 7) is 5.80. The van der Waals surface area contributed by atoms with Gasteiger partial charge in [0.05, 0.1) is 19.1 Å². The summed E-state index contributed by atoms with van der Waals surface area (Å²) in [6, 6.07) is 0.535. The van der Waals surface area contributed by atoms with Gasteiger partial charge in [-0.2, -0.15) is 4.98 Å². The second-order valence-corrected chi connectivity index (χ2v) is 7.50. The van der Waals surface area contributed by atoms with E-state index in [2.05, 4.69) is 35.5 Å². The molecule has 25 heavy (non-hydrogen) atoms. The van der Waals surface area contributed by atoms with Gasteiger partial charge in [-0.15, -0.1) is 5.10 Å². The zero-order chi connectivity index (χ0) is 16.6. The van der Waals surface area contributed by atoms with Crippen LogP contribution in [-0.4, -0.2) is 66.3 Å². The minimum atomic E-state index is 0.526. The molecule has 3 aliphatic rings. The molecule has 5 rings (SSSR count). The van der Waals surface area contributed by atoms with E-state index < -0.39 is 0 Å². The minimum Gasteiger partial charge on any atom is -0.339 e. The molecular weight excluding hydrogens is 320 g/mol. The van der Waals surface area contributed by atoms with Crippen LogP contribution in [0, 0.1) is 0 Å². The number of nitrogens with zero attached hydrogens (tertiary/aromatic N) is 8. The van der Waals surface area contributed by atoms with Crippen LogP contribution in [0.15, 0.2) is 4.52 Å². The zero-order valence-electron chi connectivity index (χ0n) is 14.4. The van der Waals surface area contributed by atoms with Crippen molar-refractivity contribution in [1.82, 2.24) is 40.1 Å². The van der Waals surface area contributed by atoms with Gasteiger partial charge in [-0.3, -0.25) is 9.80 Å². The molecule has 1 saturated heterocycles. The van der Waals surface area contributed by atoms with E-state index in [-0.39, 0.29) is 0 Å². The SMILES string of the molecule is C1CN(Cc2noc(C3CC3)n2)CCN(Cc2nnnn2C2CC2)C1. The monoisotopic (exact) mass is 344 g/mol. The molecule has 2 aliphatic carbocycles. The number of rotatable bonds is 6. The molecular formula is C16H24N8O. The summed E-state index contributed by atoms with van der Waals surface area (Å²) < 4.78 is 7.39. The summed E-state index contributed by atoms with van der Waals surface area (Å²) in [5.74, 6) is 3.19. The lowest BCUT2D eigenvalue weighted by atomic mass is 10.3. The Balaban J connectivity index is 1.16. The number of hydrogen-bond acceptors (Lipinski definition) is 8. The molecule has 0 amide bonds. The maximum Gasteiger partial charge on any atom is 0.229 e. The first-order chi connectivity index (χ1) is 12.3. The molecule has 0 bridgehead atoms. The molecule has 3 fully saturated rings. The Morgan fingerprint density at radius 3 is 2.52 bits per heavy atom. The highest BCUT2D eigenvalue weighted by Gasteiger charge is 2.30. The fourth-order valence-corrected chi connectivity index (χ4v) is 3.49. The highest BCUT2D eigenvalue weighted by molar-refractivity contribution is 5.01. The highest BCUT2D eigenvalue weighted by Crippen LogP contribution is 2.38. The summed E-state index contributed by atoms with van der Waals surface area (Å²) in [7, 11) is 0. The minimum absolute atomic E-state index is 0.526. The summed E-state index contributed by atoms with van der Waals surface area (Å²) in [5.41, 5.74) is 0. The summed E-state index contributed by atoms with van der Waals surface area (Å²) in [6.07, 6.45) is 5.94. The number of hydrogen-bond donors (Lipinski definition) is 0. The maximum atomic E-state index is 5.37. The van der Waals surface area contributed by atoms with Gasteiger partial charge in [-0.05, 0) is 55.6 Å². The predicted molar refractivity (Wildman–Crippen MR) is 87.5 cm³/mol. The Hall–Kier alpha value is -1.87. The third-order valence-electron chi connectivity index (χ3n) is 5.28. The van der Waals surface area contributed by atoms with Crippen LogP contribution in [0.3, 0.4) is 0 Å². The fraction of sp³-hybridized carbons (Fsp3) is 0.812. The predicted octanol–water partition coefficient (Wildman–Crippen LogP) is 0.976. The summed E-state index contributed by atoms with van der Waals surface area (Å²) in [5, 5.41) is 16.4. The van der Waals surface area contributed by atoms with Crippen molar-refractivity contribution < 1.29 is 4.52 Å². The Morgan fingerprint density at radius 2 is 1.76 bits per heavy atom. The number of tetrazole rings is 1. The topological polar surface area (TPSA) is 89.0 Å². The van der Waals surface area contributed by atoms with Crippen LogP contribution < -0.4 is 0 Å². The van der Waals surface area contributed by atoms with Gasteiger partial charge in [0.1, 0.15) is 0 Å². The maximum absolute atomic E-state index is 5.37. The molecule has 3 heterocycles. The second-order valence-electron chi connectivity index (χ2n) is 7.50. The van der Waals surface area contributed by atoms with Crippen molar-refractivity contribution in [3.05, 3.63) is 17.5 Å². The Kier molecular flexibility index (Phi) is 3.97. The van der Waals surface area contributed by atoms with Gasteiger partial charge >= 0.3 is 0 Å². The van der Waals surface area contributed by atoms with Crippen molar-refractivity contribution in [2.24, 2.45) is 0 Å². The van der Waals surface area contributed by atoms with Crippen LogP contribution in [0.2, 0.25) is 0 Å². The molecule has 2 saturated carbocycles. The fourth-order valence-electron chi connectivity index (χ4n) is 3.49. The molecule has 0 radical (unpaired) electrons. The van der Waals surface area contributed by atoms with Gasteiger partial charge < -0.3 is 4.52 Å². The standard InChI is InChI=1S/C16H24N8O/c1-6-22(10-14-17-16(25-19-14)12-2-3-12)8-9-23(7-1)11-15-18-20-21-24(15)13-4-5-13/h12-13H,1-11H2. The number of aromatic nitrogens is 6. The lowest BCUT2D eigenvalue weighted by Crippen LogP contribution is -2.31. The van der Waals surface area contributed by atoms with Gasteiger partial charge in [0.25, 0.3) is 0 Å². The first kappa shape index (κ1) is 15.4. The van der Waals surface area contributed by atoms with E-state index in [1.165, 1.54) is 25.7 Å². The van der Waals surface area contributed by atoms with Crippen molar-refractivity contribution in [3.63, 3.8) is 0 Å². The van der Waals surface area contributed by atoms with Gasteiger partial charge in [-0.1, -0.05) is 5.16 Å². The second kappa shape index (κ2) is 6.45. The van der Waals surface area contributed by atoms with Crippen LogP contribution >= 0.6 is 0 Å². The van der Waals surface area contributed by atoms with Gasteiger partial charge in [0, 0.05) is 19.0 Å². The van der Waals surface area contributed by atoms with E-state index in [4.69, 9.17) is 4.52 Å². The third-order valence-corrected chi connectivity index (χ3v) is 5.28. The van der Waals surface area contributed by atoms with Crippen LogP contribution in [0.5, 0.6) is 0 Å². The van der Waals surface area contributed by atoms with Crippen LogP contribution in [0.1, 0.15) is 61.6 Å². The average Bonchev–Trinajstić information content (AvgIpc) is 3.54. The third kappa shape index (κ3) is 3.57. The molecule has 0 N–H and O–H groups in total. The van der Waals surface area contributed by atoms with E-state index in [9.17, 15) is 0 Å². The molecule has 9 heteroatoms. The summed E-state index contributed by atoms with van der Waals surface area (Å²) >= 11 is 0. The molecule has 134 valence electrons. The van der Waals surface area contributed by atoms with Crippen molar-refractivity contribution in [2.45, 2.75) is 57.2 Å². The van der Waals surface area contributed by atoms with Crippen molar-refractivity contribution in [2.75, 3.05) is 26.2 Å². The van der Waals surface area contributed by atoms with Gasteiger partial charge in [0.2, 0.25) is 5.89 Å². The average molecular weight is 344 g/mol. The van der Waals surface area contributed by atoms with E-state index in [0.29, 0.717) is 12.0 Å². The van der Waals surface area contributed by atoms with E-state index in [1.807, 2.05) is 4.68 Å². The van der Waals surface area contributed by atoms with Crippen LogP contribution in [-0.2, 0) is 13.1 Å². The van der Waals surface area contributed by atoms with Crippen molar-refractivity contribution in [1.29, 1.82) is 0 Å². The Morgan fingerprint density at radius 1 is 0.960 bits per heavy atom. The Labute approximate surface area is 146 Å². The summed E-state index contributed by atoms with van der Waals surface area (Å²) in [4.78, 5) is 9.43. The van der Waals surface area contributed by atoms with E-state index in [0.717, 1.165) is 63.2 Å². The van der Waals surface area contributed by atoms with Crippen LogP contribution in [0.4, 0.5) is 0 Å². The normalized spacial score (nSPS) is 23.0. The molecule has 0 aromatic carbocycles. The molecule has 0 unspecified atom stereocenters. The van der Waals surface area contributed by atoms with Gasteiger partial charge in [-0.25, -0.2) is 4.68 Å². The van der Waals surface area contributed by atoms with Crippen molar-refractivity contribution >= 4 is 0 Å². The lowest BCUT2D eigenvalue weighted by molar-refractivity contribution is 0.235. The molecule has 0 spiro atoms. The lowest BCUT2D eigenvalue weighted by Gasteiger charge is -2.20. The smallest absolute Gasteiger partial charge is 0.229 e. The zero-order valence-corrected chi connectivity index (χ0v) is 14.4. The van der Waals surface area contributed by atoms with E-state index in [1.54, 1.807) is 0 Å².